The van der Waals surface area contributed by atoms with Gasteiger partial charge in [0.25, 0.3) is 0 Å². The number of nitrogens with zero attached hydrogens (tertiary/aromatic N) is 2. The number of hydrogen-bond acceptors (Lipinski definition) is 3. The molecule has 1 fully saturated rings. The molecule has 3 rings (SSSR count). The summed E-state index contributed by atoms with van der Waals surface area (Å²) in [7, 11) is 0. The van der Waals surface area contributed by atoms with Gasteiger partial charge >= 0.3 is 5.97 Å². The van der Waals surface area contributed by atoms with Crippen molar-refractivity contribution in [1.82, 2.24) is 9.38 Å². The molecule has 1 aliphatic rings. The molecule has 0 aromatic carbocycles. The van der Waals surface area contributed by atoms with Gasteiger partial charge in [-0.25, -0.2) is 4.98 Å². The quantitative estimate of drug-likeness (QED) is 0.939. The molecule has 21 heavy (non-hydrogen) atoms. The molecule has 5 nitrogen and oxygen atoms in total. The van der Waals surface area contributed by atoms with Crippen LogP contribution in [0.15, 0.2) is 24.5 Å². The molecular weight excluding hydrogens is 268 g/mol. The number of carboxylic acids is 1. The minimum Gasteiger partial charge on any atom is -0.481 e. The molecule has 2 heterocycles. The second-order valence-corrected chi connectivity index (χ2v) is 5.78. The highest BCUT2D eigenvalue weighted by Gasteiger charge is 2.26. The second-order valence-electron chi connectivity index (χ2n) is 5.78. The van der Waals surface area contributed by atoms with Crippen molar-refractivity contribution in [1.29, 1.82) is 0 Å². The number of carbonyl (C=O) groups is 1. The molecule has 2 aromatic heterocycles. The molecule has 5 heteroatoms. The summed E-state index contributed by atoms with van der Waals surface area (Å²) in [6.45, 7) is 2.53. The highest BCUT2D eigenvalue weighted by molar-refractivity contribution is 5.70. The maximum absolute atomic E-state index is 10.9. The van der Waals surface area contributed by atoms with Gasteiger partial charge in [-0.3, -0.25) is 4.79 Å². The van der Waals surface area contributed by atoms with Crippen LogP contribution in [0.1, 0.15) is 36.9 Å². The van der Waals surface area contributed by atoms with E-state index >= 15 is 0 Å². The summed E-state index contributed by atoms with van der Waals surface area (Å²) < 4.78 is 7.91. The van der Waals surface area contributed by atoms with Gasteiger partial charge in [-0.2, -0.15) is 0 Å². The third-order valence-electron chi connectivity index (χ3n) is 4.22. The Morgan fingerprint density at radius 1 is 1.43 bits per heavy atom. The lowest BCUT2D eigenvalue weighted by molar-refractivity contribution is -0.143. The Hall–Kier alpha value is -1.88. The Labute approximate surface area is 123 Å². The van der Waals surface area contributed by atoms with Gasteiger partial charge < -0.3 is 14.2 Å². The maximum Gasteiger partial charge on any atom is 0.306 e. The summed E-state index contributed by atoms with van der Waals surface area (Å²) in [6.07, 6.45) is 7.20. The summed E-state index contributed by atoms with van der Waals surface area (Å²) in [5.41, 5.74) is 3.03. The molecule has 0 amide bonds. The van der Waals surface area contributed by atoms with Crippen molar-refractivity contribution in [3.05, 3.63) is 35.8 Å². The first kappa shape index (κ1) is 14.1. The molecule has 0 radical (unpaired) electrons. The summed E-state index contributed by atoms with van der Waals surface area (Å²) in [4.78, 5) is 15.5. The molecule has 1 saturated carbocycles. The van der Waals surface area contributed by atoms with Gasteiger partial charge in [0.05, 0.1) is 24.3 Å². The topological polar surface area (TPSA) is 63.8 Å². The number of aromatic nitrogens is 2. The van der Waals surface area contributed by atoms with Crippen molar-refractivity contribution < 1.29 is 14.6 Å². The second kappa shape index (κ2) is 5.85. The molecule has 2 aromatic rings. The van der Waals surface area contributed by atoms with Gasteiger partial charge in [-0.1, -0.05) is 6.07 Å². The van der Waals surface area contributed by atoms with Crippen molar-refractivity contribution >= 4 is 11.6 Å². The van der Waals surface area contributed by atoms with Gasteiger partial charge in [0.15, 0.2) is 0 Å². The Kier molecular flexibility index (Phi) is 3.92. The number of pyridine rings is 1. The van der Waals surface area contributed by atoms with Crippen molar-refractivity contribution in [2.45, 2.75) is 45.3 Å². The molecule has 1 aliphatic carbocycles. The fraction of sp³-hybridized carbons (Fsp3) is 0.500. The van der Waals surface area contributed by atoms with Gasteiger partial charge in [0, 0.05) is 12.4 Å². The van der Waals surface area contributed by atoms with Crippen LogP contribution < -0.4 is 0 Å². The molecule has 0 unspecified atom stereocenters. The number of rotatable bonds is 4. The number of fused-ring (bicyclic) bond motifs is 1. The number of hydrogen-bond donors (Lipinski definition) is 1. The van der Waals surface area contributed by atoms with Crippen LogP contribution >= 0.6 is 0 Å². The lowest BCUT2D eigenvalue weighted by Crippen LogP contribution is -2.25. The Morgan fingerprint density at radius 2 is 2.19 bits per heavy atom. The Morgan fingerprint density at radius 3 is 2.86 bits per heavy atom. The molecule has 0 atom stereocenters. The van der Waals surface area contributed by atoms with Crippen LogP contribution in [0, 0.1) is 12.8 Å². The van der Waals surface area contributed by atoms with Crippen LogP contribution in [0.4, 0.5) is 0 Å². The highest BCUT2D eigenvalue weighted by atomic mass is 16.5. The predicted molar refractivity (Wildman–Crippen MR) is 78.1 cm³/mol. The fourth-order valence-electron chi connectivity index (χ4n) is 2.95. The zero-order valence-electron chi connectivity index (χ0n) is 12.2. The zero-order chi connectivity index (χ0) is 14.8. The molecule has 112 valence electrons. The van der Waals surface area contributed by atoms with Gasteiger partial charge in [0.2, 0.25) is 0 Å². The van der Waals surface area contributed by atoms with E-state index < -0.39 is 5.97 Å². The van der Waals surface area contributed by atoms with Crippen molar-refractivity contribution in [2.24, 2.45) is 5.92 Å². The van der Waals surface area contributed by atoms with Crippen LogP contribution in [0.3, 0.4) is 0 Å². The molecule has 1 N–H and O–H groups in total. The van der Waals surface area contributed by atoms with E-state index in [2.05, 4.69) is 4.98 Å². The lowest BCUT2D eigenvalue weighted by Gasteiger charge is -2.25. The Balaban J connectivity index is 1.57. The minimum absolute atomic E-state index is 0.159. The van der Waals surface area contributed by atoms with E-state index in [9.17, 15) is 4.79 Å². The molecular formula is C16H20N2O3. The van der Waals surface area contributed by atoms with Crippen molar-refractivity contribution in [2.75, 3.05) is 0 Å². The maximum atomic E-state index is 10.9. The van der Waals surface area contributed by atoms with E-state index in [1.54, 1.807) is 0 Å². The van der Waals surface area contributed by atoms with Crippen LogP contribution in [0.25, 0.3) is 5.65 Å². The number of aryl methyl sites for hydroxylation is 1. The van der Waals surface area contributed by atoms with Crippen molar-refractivity contribution in [3.63, 3.8) is 0 Å². The van der Waals surface area contributed by atoms with Gasteiger partial charge in [0.1, 0.15) is 5.65 Å². The lowest BCUT2D eigenvalue weighted by atomic mass is 9.87. The minimum atomic E-state index is -0.677. The van der Waals surface area contributed by atoms with E-state index in [4.69, 9.17) is 9.84 Å². The molecule has 0 aliphatic heterocycles. The average molecular weight is 288 g/mol. The third kappa shape index (κ3) is 3.08. The summed E-state index contributed by atoms with van der Waals surface area (Å²) in [5.74, 6) is -0.869. The SMILES string of the molecule is Cc1cccn2cc(COC3CCC(C(=O)O)CC3)nc12. The highest BCUT2D eigenvalue weighted by Crippen LogP contribution is 2.27. The first-order valence-electron chi connectivity index (χ1n) is 7.41. The first-order chi connectivity index (χ1) is 10.1. The van der Waals surface area contributed by atoms with E-state index in [0.29, 0.717) is 19.4 Å². The van der Waals surface area contributed by atoms with E-state index in [1.165, 1.54) is 0 Å². The molecule has 0 saturated heterocycles. The Bertz CT molecular complexity index is 642. The van der Waals surface area contributed by atoms with Gasteiger partial charge in [-0.05, 0) is 44.2 Å². The fourth-order valence-corrected chi connectivity index (χ4v) is 2.95. The van der Waals surface area contributed by atoms with Crippen molar-refractivity contribution in [3.8, 4) is 0 Å². The monoisotopic (exact) mass is 288 g/mol. The van der Waals surface area contributed by atoms with Crippen LogP contribution in [0.5, 0.6) is 0 Å². The van der Waals surface area contributed by atoms with Crippen LogP contribution in [0.2, 0.25) is 0 Å². The van der Waals surface area contributed by atoms with E-state index in [1.807, 2.05) is 35.9 Å². The average Bonchev–Trinajstić information content (AvgIpc) is 2.90. The van der Waals surface area contributed by atoms with Crippen LogP contribution in [-0.4, -0.2) is 26.6 Å². The summed E-state index contributed by atoms with van der Waals surface area (Å²) in [6, 6.07) is 4.04. The largest absolute Gasteiger partial charge is 0.481 e. The molecule has 0 bridgehead atoms. The van der Waals surface area contributed by atoms with Crippen LogP contribution in [-0.2, 0) is 16.1 Å². The summed E-state index contributed by atoms with van der Waals surface area (Å²) in [5, 5.41) is 8.99. The number of aliphatic carboxylic acids is 1. The number of ether oxygens (including phenoxy) is 1. The van der Waals surface area contributed by atoms with E-state index in [0.717, 1.165) is 29.7 Å². The normalized spacial score (nSPS) is 22.5. The smallest absolute Gasteiger partial charge is 0.306 e. The molecule has 0 spiro atoms. The predicted octanol–water partition coefficient (Wildman–Crippen LogP) is 2.80. The number of imidazole rings is 1. The zero-order valence-corrected chi connectivity index (χ0v) is 12.2. The van der Waals surface area contributed by atoms with Gasteiger partial charge in [-0.15, -0.1) is 0 Å². The first-order valence-corrected chi connectivity index (χ1v) is 7.41. The summed E-state index contributed by atoms with van der Waals surface area (Å²) >= 11 is 0. The number of carboxylic acid groups (broad SMARTS) is 1. The van der Waals surface area contributed by atoms with E-state index in [-0.39, 0.29) is 12.0 Å². The standard InChI is InChI=1S/C16H20N2O3/c1-11-3-2-8-18-9-13(17-15(11)18)10-21-14-6-4-12(5-7-14)16(19)20/h2-3,8-9,12,14H,4-7,10H2,1H3,(H,19,20). The third-order valence-corrected chi connectivity index (χ3v) is 4.22.